The van der Waals surface area contributed by atoms with Crippen molar-refractivity contribution in [3.05, 3.63) is 58.6 Å². The van der Waals surface area contributed by atoms with Crippen LogP contribution in [0.2, 0.25) is 5.02 Å². The lowest BCUT2D eigenvalue weighted by atomic mass is 9.48. The number of hydrogen-bond donors (Lipinski definition) is 1. The van der Waals surface area contributed by atoms with Crippen molar-refractivity contribution in [2.45, 2.75) is 63.3 Å². The third-order valence-electron chi connectivity index (χ3n) is 9.30. The van der Waals surface area contributed by atoms with Crippen LogP contribution in [0.4, 0.5) is 11.4 Å². The Kier molecular flexibility index (Phi) is 6.30. The molecule has 0 radical (unpaired) electrons. The van der Waals surface area contributed by atoms with Crippen LogP contribution in [0.1, 0.15) is 62.5 Å². The van der Waals surface area contributed by atoms with Crippen molar-refractivity contribution >= 4 is 28.9 Å². The summed E-state index contributed by atoms with van der Waals surface area (Å²) in [5.74, 6) is 2.73. The predicted molar refractivity (Wildman–Crippen MR) is 141 cm³/mol. The Balaban J connectivity index is 1.10. The molecule has 0 amide bonds. The number of ether oxygens (including phenoxy) is 1. The van der Waals surface area contributed by atoms with Crippen LogP contribution in [0.15, 0.2) is 42.5 Å². The van der Waals surface area contributed by atoms with E-state index in [1.54, 1.807) is 0 Å². The fourth-order valence-electron chi connectivity index (χ4n) is 8.08. The van der Waals surface area contributed by atoms with Crippen LogP contribution in [-0.2, 0) is 21.5 Å². The number of nitrogens with one attached hydrogen (secondary N) is 1. The van der Waals surface area contributed by atoms with Crippen molar-refractivity contribution < 1.29 is 9.53 Å². The van der Waals surface area contributed by atoms with Gasteiger partial charge in [-0.15, -0.1) is 0 Å². The van der Waals surface area contributed by atoms with E-state index in [0.717, 1.165) is 66.6 Å². The molecule has 1 aliphatic heterocycles. The van der Waals surface area contributed by atoms with Gasteiger partial charge in [0.1, 0.15) is 0 Å². The van der Waals surface area contributed by atoms with Crippen molar-refractivity contribution in [1.29, 1.82) is 0 Å². The summed E-state index contributed by atoms with van der Waals surface area (Å²) in [5.41, 5.74) is 5.12. The van der Waals surface area contributed by atoms with E-state index in [2.05, 4.69) is 52.7 Å². The maximum absolute atomic E-state index is 11.9. The molecule has 0 spiro atoms. The van der Waals surface area contributed by atoms with Gasteiger partial charge in [-0.05, 0) is 116 Å². The van der Waals surface area contributed by atoms with Crippen LogP contribution in [0, 0.1) is 23.7 Å². The molecule has 0 aromatic heterocycles. The van der Waals surface area contributed by atoms with Crippen molar-refractivity contribution in [2.24, 2.45) is 23.7 Å². The number of rotatable bonds is 6. The Bertz CT molecular complexity index is 1050. The summed E-state index contributed by atoms with van der Waals surface area (Å²) >= 11 is 6.82. The summed E-state index contributed by atoms with van der Waals surface area (Å²) < 4.78 is 4.95. The van der Waals surface area contributed by atoms with Crippen LogP contribution in [0.5, 0.6) is 0 Å². The molecule has 1 unspecified atom stereocenters. The zero-order valence-electron chi connectivity index (χ0n) is 20.8. The van der Waals surface area contributed by atoms with E-state index in [1.807, 2.05) is 0 Å². The van der Waals surface area contributed by atoms with Crippen LogP contribution in [0.3, 0.4) is 0 Å². The molecule has 7 rings (SSSR count). The molecule has 5 aliphatic rings. The molecule has 4 saturated carbocycles. The molecule has 1 saturated heterocycles. The van der Waals surface area contributed by atoms with Crippen molar-refractivity contribution in [3.8, 4) is 0 Å². The van der Waals surface area contributed by atoms with Gasteiger partial charge in [0.05, 0.1) is 23.7 Å². The number of anilines is 2. The third-order valence-corrected chi connectivity index (χ3v) is 9.61. The SMILES string of the molecule is COC(=O)C1CCCN(Cc2ccc(Nc3ccc(C45CC6CC(CC(C6)C4)C5)cc3Cl)cc2)C1. The van der Waals surface area contributed by atoms with E-state index < -0.39 is 0 Å². The highest BCUT2D eigenvalue weighted by atomic mass is 35.5. The second-order valence-electron chi connectivity index (χ2n) is 11.8. The fraction of sp³-hybridized carbons (Fsp3) is 0.567. The molecule has 4 aliphatic carbocycles. The molecular weight excluding hydrogens is 456 g/mol. The third kappa shape index (κ3) is 4.72. The topological polar surface area (TPSA) is 41.6 Å². The number of hydrogen-bond acceptors (Lipinski definition) is 4. The lowest BCUT2D eigenvalue weighted by molar-refractivity contribution is -0.147. The fourth-order valence-corrected chi connectivity index (χ4v) is 8.30. The molecular formula is C30H37ClN2O2. The number of methoxy groups -OCH3 is 1. The first-order valence-corrected chi connectivity index (χ1v) is 13.8. The van der Waals surface area contributed by atoms with Gasteiger partial charge in [0, 0.05) is 18.8 Å². The number of benzene rings is 2. The Hall–Kier alpha value is -2.04. The molecule has 2 aromatic carbocycles. The maximum Gasteiger partial charge on any atom is 0.309 e. The van der Waals surface area contributed by atoms with E-state index >= 15 is 0 Å². The van der Waals surface area contributed by atoms with E-state index in [4.69, 9.17) is 16.3 Å². The number of likely N-dealkylation sites (tertiary alicyclic amines) is 1. The van der Waals surface area contributed by atoms with E-state index in [9.17, 15) is 4.79 Å². The second kappa shape index (κ2) is 9.44. The van der Waals surface area contributed by atoms with Crippen molar-refractivity contribution in [3.63, 3.8) is 0 Å². The number of carbonyl (C=O) groups excluding carboxylic acids is 1. The number of piperidine rings is 1. The highest BCUT2D eigenvalue weighted by molar-refractivity contribution is 6.33. The molecule has 4 bridgehead atoms. The maximum atomic E-state index is 11.9. The lowest BCUT2D eigenvalue weighted by Crippen LogP contribution is -2.48. The first-order chi connectivity index (χ1) is 17.0. The molecule has 5 heteroatoms. The van der Waals surface area contributed by atoms with Crippen molar-refractivity contribution in [1.82, 2.24) is 4.90 Å². The van der Waals surface area contributed by atoms with Gasteiger partial charge in [0.15, 0.2) is 0 Å². The van der Waals surface area contributed by atoms with E-state index in [1.165, 1.54) is 56.8 Å². The van der Waals surface area contributed by atoms with Gasteiger partial charge in [0.2, 0.25) is 0 Å². The average Bonchev–Trinajstić information content (AvgIpc) is 2.85. The normalized spacial score (nSPS) is 31.9. The van der Waals surface area contributed by atoms with E-state index in [0.29, 0.717) is 5.41 Å². The van der Waals surface area contributed by atoms with Crippen LogP contribution in [0.25, 0.3) is 0 Å². The minimum Gasteiger partial charge on any atom is -0.469 e. The van der Waals surface area contributed by atoms with Gasteiger partial charge in [0.25, 0.3) is 0 Å². The summed E-state index contributed by atoms with van der Waals surface area (Å²) in [6.07, 6.45) is 10.4. The smallest absolute Gasteiger partial charge is 0.309 e. The summed E-state index contributed by atoms with van der Waals surface area (Å²) in [4.78, 5) is 14.3. The zero-order chi connectivity index (χ0) is 24.0. The average molecular weight is 493 g/mol. The quantitative estimate of drug-likeness (QED) is 0.443. The highest BCUT2D eigenvalue weighted by Crippen LogP contribution is 2.61. The van der Waals surface area contributed by atoms with E-state index in [-0.39, 0.29) is 11.9 Å². The number of nitrogens with zero attached hydrogens (tertiary/aromatic N) is 1. The number of carbonyl (C=O) groups is 1. The molecule has 1 heterocycles. The van der Waals surface area contributed by atoms with Gasteiger partial charge < -0.3 is 10.1 Å². The van der Waals surface area contributed by atoms with Crippen LogP contribution < -0.4 is 5.32 Å². The molecule has 2 aromatic rings. The molecule has 4 nitrogen and oxygen atoms in total. The standard InChI is InChI=1S/C30H37ClN2O2/c1-35-29(34)24-3-2-10-33(19-24)18-20-4-7-26(8-5-20)32-28-9-6-25(14-27(28)31)30-15-21-11-22(16-30)13-23(12-21)17-30/h4-9,14,21-24,32H,2-3,10-13,15-19H2,1H3. The van der Waals surface area contributed by atoms with Crippen LogP contribution >= 0.6 is 11.6 Å². The highest BCUT2D eigenvalue weighted by Gasteiger charge is 2.51. The lowest BCUT2D eigenvalue weighted by Gasteiger charge is -2.57. The first kappa shape index (κ1) is 23.4. The largest absolute Gasteiger partial charge is 0.469 e. The molecule has 1 atom stereocenters. The van der Waals surface area contributed by atoms with Crippen molar-refractivity contribution in [2.75, 3.05) is 25.5 Å². The van der Waals surface area contributed by atoms with Gasteiger partial charge in [-0.3, -0.25) is 9.69 Å². The summed E-state index contributed by atoms with van der Waals surface area (Å²) in [6.45, 7) is 2.66. The Morgan fingerprint density at radius 3 is 2.37 bits per heavy atom. The Morgan fingerprint density at radius 2 is 1.74 bits per heavy atom. The molecule has 5 fully saturated rings. The van der Waals surface area contributed by atoms with Gasteiger partial charge in [-0.25, -0.2) is 0 Å². The Labute approximate surface area is 214 Å². The zero-order valence-corrected chi connectivity index (χ0v) is 21.5. The van der Waals surface area contributed by atoms with Gasteiger partial charge in [-0.2, -0.15) is 0 Å². The predicted octanol–water partition coefficient (Wildman–Crippen LogP) is 6.94. The second-order valence-corrected chi connectivity index (χ2v) is 12.2. The Morgan fingerprint density at radius 1 is 1.06 bits per heavy atom. The minimum atomic E-state index is -0.0830. The minimum absolute atomic E-state index is 0.00164. The monoisotopic (exact) mass is 492 g/mol. The van der Waals surface area contributed by atoms with Gasteiger partial charge >= 0.3 is 5.97 Å². The van der Waals surface area contributed by atoms with Crippen LogP contribution in [-0.4, -0.2) is 31.1 Å². The summed E-state index contributed by atoms with van der Waals surface area (Å²) in [5, 5.41) is 4.35. The van der Waals surface area contributed by atoms with Gasteiger partial charge in [-0.1, -0.05) is 29.8 Å². The number of halogens is 1. The molecule has 1 N–H and O–H groups in total. The first-order valence-electron chi connectivity index (χ1n) is 13.5. The summed E-state index contributed by atoms with van der Waals surface area (Å²) in [7, 11) is 1.48. The molecule has 35 heavy (non-hydrogen) atoms. The summed E-state index contributed by atoms with van der Waals surface area (Å²) in [6, 6.07) is 15.4. The molecule has 186 valence electrons. The number of esters is 1.